The van der Waals surface area contributed by atoms with Crippen molar-refractivity contribution < 1.29 is 0 Å². The zero-order valence-electron chi connectivity index (χ0n) is 10.4. The minimum absolute atomic E-state index is 0.895. The maximum Gasteiger partial charge on any atom is 0.0390 e. The van der Waals surface area contributed by atoms with Gasteiger partial charge in [-0.25, -0.2) is 0 Å². The molecule has 0 atom stereocenters. The van der Waals surface area contributed by atoms with Crippen molar-refractivity contribution in [3.8, 4) is 0 Å². The van der Waals surface area contributed by atoms with Crippen LogP contribution in [0.15, 0.2) is 24.3 Å². The van der Waals surface area contributed by atoms with Crippen LogP contribution < -0.4 is 22.9 Å². The molecule has 0 amide bonds. The Kier molecular flexibility index (Phi) is 12.5. The molecule has 1 aliphatic carbocycles. The van der Waals surface area contributed by atoms with E-state index in [0.29, 0.717) is 0 Å². The van der Waals surface area contributed by atoms with Gasteiger partial charge in [0.1, 0.15) is 0 Å². The van der Waals surface area contributed by atoms with Crippen molar-refractivity contribution in [2.75, 3.05) is 26.9 Å². The van der Waals surface area contributed by atoms with Crippen molar-refractivity contribution in [1.29, 1.82) is 0 Å². The van der Waals surface area contributed by atoms with Crippen LogP contribution in [0.3, 0.4) is 0 Å². The Morgan fingerprint density at radius 2 is 1.50 bits per heavy atom. The number of hydrogen-bond donors (Lipinski definition) is 4. The first-order chi connectivity index (χ1) is 7.88. The number of nitrogens with two attached hydrogens (primary N) is 4. The van der Waals surface area contributed by atoms with E-state index in [1.165, 1.54) is 32.3 Å². The molecule has 0 heterocycles. The van der Waals surface area contributed by atoms with Crippen LogP contribution in [0.4, 0.5) is 5.69 Å². The van der Waals surface area contributed by atoms with E-state index in [4.69, 9.17) is 5.73 Å². The number of nitrogen functional groups attached to an aromatic ring is 1. The number of hydrogen-bond acceptors (Lipinski definition) is 4. The second kappa shape index (κ2) is 11.7. The minimum atomic E-state index is 0.895. The van der Waals surface area contributed by atoms with Crippen molar-refractivity contribution in [1.82, 2.24) is 0 Å². The van der Waals surface area contributed by atoms with Crippen LogP contribution in [0.25, 0.3) is 6.08 Å². The van der Waals surface area contributed by atoms with Crippen molar-refractivity contribution in [3.05, 3.63) is 35.4 Å². The van der Waals surface area contributed by atoms with Gasteiger partial charge in [0.2, 0.25) is 0 Å². The SMILES string of the molecule is CN.CN.CN.Nc1cccc2c1C=CC2. The lowest BCUT2D eigenvalue weighted by Gasteiger charge is -2.00. The van der Waals surface area contributed by atoms with Gasteiger partial charge in [0.05, 0.1) is 0 Å². The predicted molar refractivity (Wildman–Crippen MR) is 73.9 cm³/mol. The van der Waals surface area contributed by atoms with E-state index in [2.05, 4.69) is 35.4 Å². The lowest BCUT2D eigenvalue weighted by Crippen LogP contribution is -1.90. The Morgan fingerprint density at radius 3 is 2.00 bits per heavy atom. The number of anilines is 1. The van der Waals surface area contributed by atoms with E-state index in [-0.39, 0.29) is 0 Å². The van der Waals surface area contributed by atoms with Crippen LogP contribution in [0.1, 0.15) is 11.1 Å². The molecular formula is C12H24N4. The van der Waals surface area contributed by atoms with Gasteiger partial charge in [-0.3, -0.25) is 0 Å². The highest BCUT2D eigenvalue weighted by atomic mass is 14.6. The first-order valence-electron chi connectivity index (χ1n) is 5.15. The minimum Gasteiger partial charge on any atom is -0.398 e. The van der Waals surface area contributed by atoms with E-state index < -0.39 is 0 Å². The fourth-order valence-corrected chi connectivity index (χ4v) is 1.32. The van der Waals surface area contributed by atoms with E-state index >= 15 is 0 Å². The Labute approximate surface area is 98.3 Å². The fourth-order valence-electron chi connectivity index (χ4n) is 1.32. The summed E-state index contributed by atoms with van der Waals surface area (Å²) in [7, 11) is 4.50. The summed E-state index contributed by atoms with van der Waals surface area (Å²) in [6.07, 6.45) is 5.27. The van der Waals surface area contributed by atoms with Crippen LogP contribution in [-0.2, 0) is 6.42 Å². The molecule has 0 saturated carbocycles. The summed E-state index contributed by atoms with van der Waals surface area (Å²) >= 11 is 0. The van der Waals surface area contributed by atoms with Gasteiger partial charge in [0.15, 0.2) is 0 Å². The summed E-state index contributed by atoms with van der Waals surface area (Å²) in [5.41, 5.74) is 22.7. The maximum atomic E-state index is 5.72. The van der Waals surface area contributed by atoms with Crippen LogP contribution in [0.5, 0.6) is 0 Å². The topological polar surface area (TPSA) is 104 Å². The van der Waals surface area contributed by atoms with Crippen molar-refractivity contribution >= 4 is 11.8 Å². The van der Waals surface area contributed by atoms with Gasteiger partial charge in [0, 0.05) is 11.3 Å². The second-order valence-electron chi connectivity index (χ2n) is 2.53. The summed E-state index contributed by atoms with van der Waals surface area (Å²) < 4.78 is 0. The zero-order chi connectivity index (χ0) is 13.0. The van der Waals surface area contributed by atoms with E-state index in [1.54, 1.807) is 0 Å². The molecule has 0 radical (unpaired) electrons. The lowest BCUT2D eigenvalue weighted by molar-refractivity contribution is 1.31. The quantitative estimate of drug-likeness (QED) is 0.483. The highest BCUT2D eigenvalue weighted by Gasteiger charge is 2.05. The maximum absolute atomic E-state index is 5.72. The molecule has 92 valence electrons. The molecule has 0 fully saturated rings. The smallest absolute Gasteiger partial charge is 0.0390 e. The van der Waals surface area contributed by atoms with Gasteiger partial charge >= 0.3 is 0 Å². The summed E-state index contributed by atoms with van der Waals surface area (Å²) in [6, 6.07) is 6.06. The molecule has 4 heteroatoms. The van der Waals surface area contributed by atoms with Crippen molar-refractivity contribution in [3.63, 3.8) is 0 Å². The first kappa shape index (κ1) is 17.0. The Morgan fingerprint density at radius 1 is 0.938 bits per heavy atom. The molecule has 1 aromatic rings. The lowest BCUT2D eigenvalue weighted by atomic mass is 10.1. The molecule has 0 unspecified atom stereocenters. The normalized spacial score (nSPS) is 9.62. The summed E-state index contributed by atoms with van der Waals surface area (Å²) in [5.74, 6) is 0. The molecule has 0 aliphatic heterocycles. The number of rotatable bonds is 0. The zero-order valence-corrected chi connectivity index (χ0v) is 10.4. The molecule has 8 N–H and O–H groups in total. The summed E-state index contributed by atoms with van der Waals surface area (Å²) in [5, 5.41) is 0. The van der Waals surface area contributed by atoms with E-state index in [9.17, 15) is 0 Å². The Hall–Kier alpha value is -1.36. The summed E-state index contributed by atoms with van der Waals surface area (Å²) in [6.45, 7) is 0. The third kappa shape index (κ3) is 4.93. The average molecular weight is 224 g/mol. The average Bonchev–Trinajstić information content (AvgIpc) is 2.87. The van der Waals surface area contributed by atoms with Gasteiger partial charge in [-0.15, -0.1) is 0 Å². The van der Waals surface area contributed by atoms with Crippen LogP contribution in [0, 0.1) is 0 Å². The first-order valence-corrected chi connectivity index (χ1v) is 5.15. The van der Waals surface area contributed by atoms with E-state index in [0.717, 1.165) is 12.1 Å². The Bertz CT molecular complexity index is 295. The molecule has 1 aliphatic rings. The van der Waals surface area contributed by atoms with Gasteiger partial charge in [-0.05, 0) is 39.2 Å². The molecule has 16 heavy (non-hydrogen) atoms. The van der Waals surface area contributed by atoms with Gasteiger partial charge in [-0.2, -0.15) is 0 Å². The monoisotopic (exact) mass is 224 g/mol. The van der Waals surface area contributed by atoms with Gasteiger partial charge < -0.3 is 22.9 Å². The number of benzene rings is 1. The number of fused-ring (bicyclic) bond motifs is 1. The molecule has 0 bridgehead atoms. The molecule has 0 spiro atoms. The van der Waals surface area contributed by atoms with Gasteiger partial charge in [0.25, 0.3) is 0 Å². The largest absolute Gasteiger partial charge is 0.398 e. The number of allylic oxidation sites excluding steroid dienone is 1. The molecule has 1 aromatic carbocycles. The van der Waals surface area contributed by atoms with Crippen LogP contribution in [0.2, 0.25) is 0 Å². The second-order valence-corrected chi connectivity index (χ2v) is 2.53. The predicted octanol–water partition coefficient (Wildman–Crippen LogP) is 0.563. The standard InChI is InChI=1S/C9H9N.3CH5N/c10-9-6-2-4-7-3-1-5-8(7)9;3*1-2/h1-2,4-6H,3,10H2;3*2H2,1H3. The third-order valence-electron chi connectivity index (χ3n) is 1.85. The molecule has 0 saturated heterocycles. The molecular weight excluding hydrogens is 200 g/mol. The Balaban J connectivity index is 0. The van der Waals surface area contributed by atoms with Crippen molar-refractivity contribution in [2.24, 2.45) is 17.2 Å². The highest BCUT2D eigenvalue weighted by Crippen LogP contribution is 2.24. The van der Waals surface area contributed by atoms with Crippen LogP contribution >= 0.6 is 0 Å². The highest BCUT2D eigenvalue weighted by molar-refractivity contribution is 5.71. The van der Waals surface area contributed by atoms with Gasteiger partial charge in [-0.1, -0.05) is 24.3 Å². The van der Waals surface area contributed by atoms with Crippen molar-refractivity contribution in [2.45, 2.75) is 6.42 Å². The van der Waals surface area contributed by atoms with E-state index in [1.807, 2.05) is 12.1 Å². The fraction of sp³-hybridized carbons (Fsp3) is 0.333. The molecule has 4 nitrogen and oxygen atoms in total. The molecule has 0 aromatic heterocycles. The third-order valence-corrected chi connectivity index (χ3v) is 1.85. The van der Waals surface area contributed by atoms with Crippen LogP contribution in [-0.4, -0.2) is 21.1 Å². The summed E-state index contributed by atoms with van der Waals surface area (Å²) in [4.78, 5) is 0. The molecule has 2 rings (SSSR count).